The van der Waals surface area contributed by atoms with E-state index < -0.39 is 34.2 Å². The van der Waals surface area contributed by atoms with Crippen LogP contribution in [0.4, 0.5) is 5.69 Å². The molecule has 208 valence electrons. The SMILES string of the molecule is Cc1cc(S(=O)(=O)[N-]C(=O)CC(C)C)ccc1NC(=O)COc1ccc(Cl)cc1C(=O)c1cc(Cl)cc(C#N)c1.[Na+]. The van der Waals surface area contributed by atoms with Crippen LogP contribution in [0.3, 0.4) is 0 Å². The average molecular weight is 624 g/mol. The van der Waals surface area contributed by atoms with E-state index in [0.29, 0.717) is 11.3 Å². The Labute approximate surface area is 270 Å². The minimum Gasteiger partial charge on any atom is -0.542 e. The number of carbonyl (C=O) groups excluding carboxylic acids is 3. The Morgan fingerprint density at radius 3 is 2.37 bits per heavy atom. The fourth-order valence-corrected chi connectivity index (χ4v) is 5.01. The van der Waals surface area contributed by atoms with Crippen molar-refractivity contribution < 1.29 is 57.1 Å². The monoisotopic (exact) mass is 623 g/mol. The van der Waals surface area contributed by atoms with Crippen molar-refractivity contribution in [1.82, 2.24) is 0 Å². The van der Waals surface area contributed by atoms with Crippen molar-refractivity contribution in [3.8, 4) is 11.8 Å². The Kier molecular flexibility index (Phi) is 12.4. The molecule has 0 aromatic heterocycles. The van der Waals surface area contributed by atoms with Crippen molar-refractivity contribution in [2.45, 2.75) is 32.1 Å². The van der Waals surface area contributed by atoms with E-state index in [9.17, 15) is 28.1 Å². The number of hydrogen-bond acceptors (Lipinski definition) is 7. The van der Waals surface area contributed by atoms with E-state index in [0.717, 1.165) is 0 Å². The average Bonchev–Trinajstić information content (AvgIpc) is 2.87. The van der Waals surface area contributed by atoms with Crippen LogP contribution < -0.4 is 39.6 Å². The Hall–Kier alpha value is -2.91. The minimum absolute atomic E-state index is 0. The van der Waals surface area contributed by atoms with Crippen LogP contribution in [0.15, 0.2) is 59.5 Å². The van der Waals surface area contributed by atoms with Crippen LogP contribution >= 0.6 is 23.2 Å². The number of aryl methyl sites for hydroxylation is 1. The molecule has 0 aliphatic rings. The van der Waals surface area contributed by atoms with Crippen molar-refractivity contribution >= 4 is 56.5 Å². The van der Waals surface area contributed by atoms with Crippen molar-refractivity contribution in [2.24, 2.45) is 5.92 Å². The molecule has 0 unspecified atom stereocenters. The van der Waals surface area contributed by atoms with Gasteiger partial charge in [0.15, 0.2) is 12.4 Å². The predicted molar refractivity (Wildman–Crippen MR) is 151 cm³/mol. The molecular weight excluding hydrogens is 600 g/mol. The summed E-state index contributed by atoms with van der Waals surface area (Å²) < 4.78 is 33.9. The molecule has 2 amide bonds. The van der Waals surface area contributed by atoms with Crippen LogP contribution in [0.5, 0.6) is 5.75 Å². The summed E-state index contributed by atoms with van der Waals surface area (Å²) in [6.45, 7) is 4.66. The molecule has 13 heteroatoms. The number of hydrogen-bond donors (Lipinski definition) is 1. The van der Waals surface area contributed by atoms with Gasteiger partial charge in [-0.15, -0.1) is 0 Å². The summed E-state index contributed by atoms with van der Waals surface area (Å²) in [4.78, 5) is 37.5. The first kappa shape index (κ1) is 34.3. The molecule has 0 atom stereocenters. The Morgan fingerprint density at radius 1 is 1.02 bits per heavy atom. The molecule has 0 aliphatic heterocycles. The van der Waals surface area contributed by atoms with Crippen LogP contribution in [0, 0.1) is 24.2 Å². The zero-order chi connectivity index (χ0) is 29.6. The summed E-state index contributed by atoms with van der Waals surface area (Å²) >= 11 is 12.1. The first-order valence-electron chi connectivity index (χ1n) is 11.9. The number of ketones is 1. The predicted octanol–water partition coefficient (Wildman–Crippen LogP) is 3.06. The van der Waals surface area contributed by atoms with E-state index in [1.54, 1.807) is 20.8 Å². The van der Waals surface area contributed by atoms with E-state index in [1.165, 1.54) is 54.6 Å². The summed E-state index contributed by atoms with van der Waals surface area (Å²) in [5.74, 6) is -1.79. The van der Waals surface area contributed by atoms with Gasteiger partial charge in [0.1, 0.15) is 15.8 Å². The first-order valence-corrected chi connectivity index (χ1v) is 14.1. The van der Waals surface area contributed by atoms with E-state index in [4.69, 9.17) is 27.9 Å². The number of sulfonamides is 1. The molecule has 0 fully saturated rings. The molecule has 9 nitrogen and oxygen atoms in total. The standard InChI is InChI=1S/C28H25Cl2N3O6S.Na/c1-16(2)8-26(34)33-40(37,38)22-5-6-24(17(3)9-22)32-27(35)15-39-25-7-4-20(29)13-23(25)28(36)19-10-18(14-31)11-21(30)12-19;/h4-7,9-13,16H,8,15H2,1-3H3,(H2,32,33,34,35);/q;+1/p-1. The molecule has 0 saturated carbocycles. The van der Waals surface area contributed by atoms with Crippen LogP contribution in [-0.4, -0.2) is 32.6 Å². The maximum absolute atomic E-state index is 13.2. The second kappa shape index (κ2) is 14.8. The summed E-state index contributed by atoms with van der Waals surface area (Å²) in [5, 5.41) is 12.3. The van der Waals surface area contributed by atoms with Gasteiger partial charge in [-0.2, -0.15) is 5.26 Å². The molecule has 1 N–H and O–H groups in total. The Morgan fingerprint density at radius 2 is 1.73 bits per heavy atom. The van der Waals surface area contributed by atoms with Gasteiger partial charge >= 0.3 is 29.6 Å². The minimum atomic E-state index is -4.20. The van der Waals surface area contributed by atoms with Crippen molar-refractivity contribution in [2.75, 3.05) is 11.9 Å². The molecule has 0 spiro atoms. The summed E-state index contributed by atoms with van der Waals surface area (Å²) in [6, 6.07) is 14.4. The summed E-state index contributed by atoms with van der Waals surface area (Å²) in [5.41, 5.74) is 1.13. The quantitative estimate of drug-likeness (QED) is 0.270. The number of amides is 2. The largest absolute Gasteiger partial charge is 1.00 e. The van der Waals surface area contributed by atoms with Gasteiger partial charge in [0.2, 0.25) is 0 Å². The van der Waals surface area contributed by atoms with E-state index in [-0.39, 0.29) is 79.3 Å². The number of nitriles is 1. The summed E-state index contributed by atoms with van der Waals surface area (Å²) in [6.07, 6.45) is 0.00723. The van der Waals surface area contributed by atoms with Gasteiger partial charge in [0.05, 0.1) is 28.0 Å². The molecule has 3 aromatic carbocycles. The number of nitrogens with zero attached hydrogens (tertiary/aromatic N) is 2. The first-order chi connectivity index (χ1) is 18.8. The molecule has 0 saturated heterocycles. The maximum atomic E-state index is 13.2. The fourth-order valence-electron chi connectivity index (χ4n) is 3.59. The van der Waals surface area contributed by atoms with Gasteiger partial charge in [0, 0.05) is 21.3 Å². The Bertz CT molecular complexity index is 1640. The van der Waals surface area contributed by atoms with Crippen LogP contribution in [0.25, 0.3) is 4.72 Å². The zero-order valence-corrected chi connectivity index (χ0v) is 27.0. The van der Waals surface area contributed by atoms with Crippen molar-refractivity contribution in [3.05, 3.63) is 91.6 Å². The van der Waals surface area contributed by atoms with Crippen LogP contribution in [-0.2, 0) is 19.6 Å². The topological polar surface area (TPSA) is 144 Å². The molecule has 0 radical (unpaired) electrons. The summed E-state index contributed by atoms with van der Waals surface area (Å²) in [7, 11) is -4.20. The van der Waals surface area contributed by atoms with Gasteiger partial charge in [-0.3, -0.25) is 9.59 Å². The van der Waals surface area contributed by atoms with Crippen LogP contribution in [0.2, 0.25) is 10.0 Å². The van der Waals surface area contributed by atoms with Gasteiger partial charge in [0.25, 0.3) is 5.91 Å². The molecule has 0 aliphatic carbocycles. The van der Waals surface area contributed by atoms with Crippen molar-refractivity contribution in [1.29, 1.82) is 5.26 Å². The van der Waals surface area contributed by atoms with E-state index in [2.05, 4.69) is 10.0 Å². The third kappa shape index (κ3) is 9.57. The number of rotatable bonds is 10. The molecule has 0 bridgehead atoms. The number of ether oxygens (including phenoxy) is 1. The van der Waals surface area contributed by atoms with Gasteiger partial charge in [-0.1, -0.05) is 37.0 Å². The second-order valence-corrected chi connectivity index (χ2v) is 11.7. The molecule has 3 aromatic rings. The van der Waals surface area contributed by atoms with Crippen LogP contribution in [0.1, 0.15) is 47.3 Å². The normalized spacial score (nSPS) is 10.8. The number of halogens is 2. The number of carbonyl (C=O) groups is 3. The smallest absolute Gasteiger partial charge is 0.542 e. The third-order valence-corrected chi connectivity index (χ3v) is 7.16. The van der Waals surface area contributed by atoms with Gasteiger partial charge < -0.3 is 19.6 Å². The Balaban J connectivity index is 0.00000588. The second-order valence-electron chi connectivity index (χ2n) is 9.18. The zero-order valence-electron chi connectivity index (χ0n) is 22.7. The molecular formula is C28H24Cl2N3NaO6S. The maximum Gasteiger partial charge on any atom is 1.00 e. The van der Waals surface area contributed by atoms with Crippen molar-refractivity contribution in [3.63, 3.8) is 0 Å². The number of benzene rings is 3. The molecule has 41 heavy (non-hydrogen) atoms. The van der Waals surface area contributed by atoms with E-state index in [1.807, 2.05) is 6.07 Å². The number of anilines is 1. The molecule has 0 heterocycles. The third-order valence-electron chi connectivity index (χ3n) is 5.41. The fraction of sp³-hybridized carbons (Fsp3) is 0.214. The number of nitrogens with one attached hydrogen (secondary N) is 1. The van der Waals surface area contributed by atoms with E-state index >= 15 is 0 Å². The van der Waals surface area contributed by atoms with Gasteiger partial charge in [-0.25, -0.2) is 8.42 Å². The molecule has 3 rings (SSSR count). The van der Waals surface area contributed by atoms with Gasteiger partial charge in [-0.05, 0) is 79.4 Å².